The molecular formula is C13H21N6S+. The minimum Gasteiger partial charge on any atom is -0.363 e. The van der Waals surface area contributed by atoms with Gasteiger partial charge in [0, 0.05) is 19.2 Å². The second kappa shape index (κ2) is 7.16. The fraction of sp³-hybridized carbons (Fsp3) is 0.462. The van der Waals surface area contributed by atoms with Crippen molar-refractivity contribution in [3.8, 4) is 0 Å². The predicted molar refractivity (Wildman–Crippen MR) is 82.7 cm³/mol. The minimum atomic E-state index is 0.565. The van der Waals surface area contributed by atoms with Gasteiger partial charge in [-0.2, -0.15) is 0 Å². The summed E-state index contributed by atoms with van der Waals surface area (Å²) in [4.78, 5) is 1.45. The van der Waals surface area contributed by atoms with Crippen molar-refractivity contribution in [2.24, 2.45) is 0 Å². The van der Waals surface area contributed by atoms with Gasteiger partial charge in [0.1, 0.15) is 0 Å². The standard InChI is InChI=1S/C13H20N6S/c1-18(2)8-5-7-14-13(20)15-10-12-17-16-11-6-3-4-9-19(11)12/h3-4,6,9H,5,7-8,10H2,1-2H3,(H2,14,15,20)/p+1. The van der Waals surface area contributed by atoms with Crippen LogP contribution in [-0.4, -0.2) is 46.9 Å². The number of fused-ring (bicyclic) bond motifs is 1. The lowest BCUT2D eigenvalue weighted by Gasteiger charge is -2.11. The maximum Gasteiger partial charge on any atom is 0.166 e. The van der Waals surface area contributed by atoms with Gasteiger partial charge in [0.2, 0.25) is 0 Å². The van der Waals surface area contributed by atoms with Gasteiger partial charge >= 0.3 is 0 Å². The van der Waals surface area contributed by atoms with E-state index in [9.17, 15) is 0 Å². The Kier molecular flexibility index (Phi) is 5.25. The molecule has 0 amide bonds. The molecule has 0 saturated heterocycles. The van der Waals surface area contributed by atoms with E-state index in [2.05, 4.69) is 34.9 Å². The molecule has 0 saturated carbocycles. The Morgan fingerprint density at radius 2 is 2.15 bits per heavy atom. The number of nitrogens with zero attached hydrogens (tertiary/aromatic N) is 3. The van der Waals surface area contributed by atoms with Crippen LogP contribution in [0.15, 0.2) is 24.4 Å². The predicted octanol–water partition coefficient (Wildman–Crippen LogP) is -0.772. The summed E-state index contributed by atoms with van der Waals surface area (Å²) in [5.74, 6) is 0.850. The monoisotopic (exact) mass is 293 g/mol. The van der Waals surface area contributed by atoms with Crippen LogP contribution in [-0.2, 0) is 6.54 Å². The number of hydrogen-bond donors (Lipinski definition) is 3. The smallest absolute Gasteiger partial charge is 0.166 e. The normalized spacial score (nSPS) is 10.9. The van der Waals surface area contributed by atoms with Crippen LogP contribution in [0.25, 0.3) is 5.65 Å². The molecule has 6 nitrogen and oxygen atoms in total. The number of quaternary nitrogens is 1. The average Bonchev–Trinajstić information content (AvgIpc) is 2.84. The summed E-state index contributed by atoms with van der Waals surface area (Å²) < 4.78 is 1.95. The second-order valence-corrected chi connectivity index (χ2v) is 5.37. The molecule has 0 radical (unpaired) electrons. The van der Waals surface area contributed by atoms with Gasteiger partial charge < -0.3 is 15.5 Å². The van der Waals surface area contributed by atoms with Crippen LogP contribution in [0.4, 0.5) is 0 Å². The number of hydrogen-bond acceptors (Lipinski definition) is 3. The number of thiocarbonyl (C=S) groups is 1. The van der Waals surface area contributed by atoms with Crippen molar-refractivity contribution in [1.29, 1.82) is 0 Å². The molecule has 2 aromatic rings. The molecule has 0 spiro atoms. The molecule has 0 fully saturated rings. The van der Waals surface area contributed by atoms with Crippen LogP contribution in [0.1, 0.15) is 12.2 Å². The van der Waals surface area contributed by atoms with E-state index in [1.54, 1.807) is 0 Å². The van der Waals surface area contributed by atoms with Crippen molar-refractivity contribution in [3.05, 3.63) is 30.2 Å². The highest BCUT2D eigenvalue weighted by Gasteiger charge is 2.04. The third-order valence-electron chi connectivity index (χ3n) is 2.93. The number of pyridine rings is 1. The molecule has 2 rings (SSSR count). The van der Waals surface area contributed by atoms with Gasteiger partial charge in [-0.3, -0.25) is 4.40 Å². The molecule has 0 aliphatic heterocycles. The van der Waals surface area contributed by atoms with E-state index in [0.717, 1.165) is 31.0 Å². The first-order valence-corrected chi connectivity index (χ1v) is 7.17. The molecule has 0 aliphatic carbocycles. The summed E-state index contributed by atoms with van der Waals surface area (Å²) in [6, 6.07) is 5.83. The lowest BCUT2D eigenvalue weighted by molar-refractivity contribution is -0.858. The van der Waals surface area contributed by atoms with Gasteiger partial charge in [-0.25, -0.2) is 0 Å². The minimum absolute atomic E-state index is 0.565. The quantitative estimate of drug-likeness (QED) is 0.482. The van der Waals surface area contributed by atoms with E-state index in [1.165, 1.54) is 4.90 Å². The van der Waals surface area contributed by atoms with Gasteiger partial charge in [0.05, 0.1) is 27.2 Å². The molecule has 0 atom stereocenters. The lowest BCUT2D eigenvalue weighted by atomic mass is 10.4. The Bertz CT molecular complexity index is 565. The first kappa shape index (κ1) is 14.7. The van der Waals surface area contributed by atoms with Crippen molar-refractivity contribution in [1.82, 2.24) is 25.2 Å². The van der Waals surface area contributed by atoms with E-state index < -0.39 is 0 Å². The van der Waals surface area contributed by atoms with Crippen LogP contribution in [0.5, 0.6) is 0 Å². The largest absolute Gasteiger partial charge is 0.363 e. The summed E-state index contributed by atoms with van der Waals surface area (Å²) in [5, 5.41) is 15.3. The molecular weight excluding hydrogens is 272 g/mol. The Morgan fingerprint density at radius 3 is 2.95 bits per heavy atom. The van der Waals surface area contributed by atoms with E-state index in [1.807, 2.05) is 28.8 Å². The zero-order chi connectivity index (χ0) is 14.4. The SMILES string of the molecule is C[NH+](C)CCCNC(=S)NCc1nnc2ccccn12. The van der Waals surface area contributed by atoms with E-state index in [4.69, 9.17) is 12.2 Å². The van der Waals surface area contributed by atoms with E-state index in [-0.39, 0.29) is 0 Å². The third-order valence-corrected chi connectivity index (χ3v) is 3.22. The topological polar surface area (TPSA) is 58.7 Å². The fourth-order valence-electron chi connectivity index (χ4n) is 1.88. The molecule has 108 valence electrons. The van der Waals surface area contributed by atoms with Gasteiger partial charge in [-0.05, 0) is 24.4 Å². The summed E-state index contributed by atoms with van der Waals surface area (Å²) in [7, 11) is 4.29. The Balaban J connectivity index is 1.76. The van der Waals surface area contributed by atoms with Gasteiger partial charge in [0.25, 0.3) is 0 Å². The molecule has 20 heavy (non-hydrogen) atoms. The number of nitrogens with one attached hydrogen (secondary N) is 3. The molecule has 3 N–H and O–H groups in total. The molecule has 0 bridgehead atoms. The van der Waals surface area contributed by atoms with E-state index in [0.29, 0.717) is 11.7 Å². The molecule has 0 unspecified atom stereocenters. The van der Waals surface area contributed by atoms with Gasteiger partial charge in [0.15, 0.2) is 16.6 Å². The van der Waals surface area contributed by atoms with Crippen molar-refractivity contribution in [2.45, 2.75) is 13.0 Å². The van der Waals surface area contributed by atoms with Crippen molar-refractivity contribution >= 4 is 23.0 Å². The van der Waals surface area contributed by atoms with Crippen LogP contribution < -0.4 is 15.5 Å². The van der Waals surface area contributed by atoms with Crippen LogP contribution in [0.2, 0.25) is 0 Å². The molecule has 7 heteroatoms. The molecule has 0 aliphatic rings. The summed E-state index contributed by atoms with van der Waals surface area (Å²) in [5.41, 5.74) is 0.845. The zero-order valence-corrected chi connectivity index (χ0v) is 12.7. The summed E-state index contributed by atoms with van der Waals surface area (Å²) >= 11 is 5.24. The zero-order valence-electron chi connectivity index (χ0n) is 11.9. The highest BCUT2D eigenvalue weighted by atomic mass is 32.1. The summed E-state index contributed by atoms with van der Waals surface area (Å²) in [6.07, 6.45) is 3.04. The lowest BCUT2D eigenvalue weighted by Crippen LogP contribution is -3.05. The number of aromatic nitrogens is 3. The first-order valence-electron chi connectivity index (χ1n) is 6.76. The highest BCUT2D eigenvalue weighted by Crippen LogP contribution is 2.01. The first-order chi connectivity index (χ1) is 9.66. The second-order valence-electron chi connectivity index (χ2n) is 4.97. The van der Waals surface area contributed by atoms with Crippen LogP contribution >= 0.6 is 12.2 Å². The maximum absolute atomic E-state index is 5.24. The van der Waals surface area contributed by atoms with Crippen LogP contribution in [0, 0.1) is 0 Å². The fourth-order valence-corrected chi connectivity index (χ4v) is 2.05. The molecule has 2 aromatic heterocycles. The third kappa shape index (κ3) is 4.14. The van der Waals surface area contributed by atoms with Crippen molar-refractivity contribution < 1.29 is 4.90 Å². The van der Waals surface area contributed by atoms with E-state index >= 15 is 0 Å². The number of rotatable bonds is 6. The van der Waals surface area contributed by atoms with Gasteiger partial charge in [-0.1, -0.05) is 6.07 Å². The van der Waals surface area contributed by atoms with Crippen molar-refractivity contribution in [2.75, 3.05) is 27.2 Å². The Labute approximate surface area is 124 Å². The highest BCUT2D eigenvalue weighted by molar-refractivity contribution is 7.80. The van der Waals surface area contributed by atoms with Crippen molar-refractivity contribution in [3.63, 3.8) is 0 Å². The Morgan fingerprint density at radius 1 is 1.30 bits per heavy atom. The molecule has 2 heterocycles. The van der Waals surface area contributed by atoms with Crippen LogP contribution in [0.3, 0.4) is 0 Å². The van der Waals surface area contributed by atoms with Gasteiger partial charge in [-0.15, -0.1) is 10.2 Å². The maximum atomic E-state index is 5.24. The average molecular weight is 293 g/mol. The summed E-state index contributed by atoms with van der Waals surface area (Å²) in [6.45, 7) is 2.58. The molecule has 0 aromatic carbocycles. The Hall–Kier alpha value is -1.73.